The minimum Gasteiger partial charge on any atom is -0.378 e. The van der Waals surface area contributed by atoms with Crippen LogP contribution in [0.25, 0.3) is 0 Å². The standard InChI is InChI=1S/C10H22N2O4S/c13-17(14)9-3-11-1-5-15-7-8-16-6-2-12-4-10-17/h11-12H,1-10H2. The lowest BCUT2D eigenvalue weighted by Gasteiger charge is -2.06. The molecule has 0 bridgehead atoms. The fourth-order valence-electron chi connectivity index (χ4n) is 1.42. The molecule has 0 amide bonds. The van der Waals surface area contributed by atoms with Crippen LogP contribution < -0.4 is 10.6 Å². The lowest BCUT2D eigenvalue weighted by atomic mass is 10.6. The maximum atomic E-state index is 11.6. The third-order valence-electron chi connectivity index (χ3n) is 2.40. The second kappa shape index (κ2) is 8.82. The summed E-state index contributed by atoms with van der Waals surface area (Å²) < 4.78 is 33.7. The Labute approximate surface area is 103 Å². The van der Waals surface area contributed by atoms with Gasteiger partial charge in [-0.25, -0.2) is 8.42 Å². The maximum absolute atomic E-state index is 11.6. The molecular weight excluding hydrogens is 244 g/mol. The van der Waals surface area contributed by atoms with E-state index in [0.717, 1.165) is 0 Å². The highest BCUT2D eigenvalue weighted by Gasteiger charge is 2.09. The molecule has 0 saturated carbocycles. The molecule has 6 nitrogen and oxygen atoms in total. The van der Waals surface area contributed by atoms with Crippen molar-refractivity contribution in [1.29, 1.82) is 0 Å². The molecule has 0 aliphatic carbocycles. The Balaban J connectivity index is 2.27. The van der Waals surface area contributed by atoms with E-state index in [1.807, 2.05) is 0 Å². The second-order valence-electron chi connectivity index (χ2n) is 3.88. The van der Waals surface area contributed by atoms with Gasteiger partial charge in [0.2, 0.25) is 0 Å². The van der Waals surface area contributed by atoms with Gasteiger partial charge in [0.05, 0.1) is 37.9 Å². The number of hydrogen-bond donors (Lipinski definition) is 2. The molecule has 0 spiro atoms. The number of ether oxygens (including phenoxy) is 2. The van der Waals surface area contributed by atoms with Gasteiger partial charge in [-0.15, -0.1) is 0 Å². The van der Waals surface area contributed by atoms with Crippen molar-refractivity contribution in [1.82, 2.24) is 10.6 Å². The number of rotatable bonds is 0. The van der Waals surface area contributed by atoms with E-state index in [9.17, 15) is 8.42 Å². The molecule has 0 aromatic heterocycles. The van der Waals surface area contributed by atoms with Crippen molar-refractivity contribution in [2.24, 2.45) is 0 Å². The third-order valence-corrected chi connectivity index (χ3v) is 4.05. The number of hydrogen-bond acceptors (Lipinski definition) is 6. The number of sulfone groups is 1. The van der Waals surface area contributed by atoms with E-state index in [2.05, 4.69) is 10.6 Å². The van der Waals surface area contributed by atoms with Crippen LogP contribution in [0, 0.1) is 0 Å². The van der Waals surface area contributed by atoms with Crippen molar-refractivity contribution < 1.29 is 17.9 Å². The normalized spacial score (nSPS) is 25.6. The van der Waals surface area contributed by atoms with Gasteiger partial charge in [-0.05, 0) is 0 Å². The quantitative estimate of drug-likeness (QED) is 0.563. The van der Waals surface area contributed by atoms with E-state index in [4.69, 9.17) is 9.47 Å². The van der Waals surface area contributed by atoms with Crippen LogP contribution in [-0.2, 0) is 19.3 Å². The first-order chi connectivity index (χ1) is 8.21. The molecule has 0 aromatic carbocycles. The van der Waals surface area contributed by atoms with E-state index < -0.39 is 9.84 Å². The lowest BCUT2D eigenvalue weighted by molar-refractivity contribution is 0.0502. The molecule has 1 fully saturated rings. The summed E-state index contributed by atoms with van der Waals surface area (Å²) in [6.07, 6.45) is 0. The molecule has 0 radical (unpaired) electrons. The Bertz CT molecular complexity index is 260. The Hall–Kier alpha value is -0.210. The smallest absolute Gasteiger partial charge is 0.152 e. The highest BCUT2D eigenvalue weighted by atomic mass is 32.2. The van der Waals surface area contributed by atoms with Gasteiger partial charge in [-0.3, -0.25) is 0 Å². The average molecular weight is 266 g/mol. The van der Waals surface area contributed by atoms with Gasteiger partial charge in [0, 0.05) is 26.2 Å². The van der Waals surface area contributed by atoms with Crippen LogP contribution in [0.3, 0.4) is 0 Å². The number of nitrogens with one attached hydrogen (secondary N) is 2. The third kappa shape index (κ3) is 8.50. The van der Waals surface area contributed by atoms with Gasteiger partial charge in [0.15, 0.2) is 9.84 Å². The van der Waals surface area contributed by atoms with Gasteiger partial charge in [0.25, 0.3) is 0 Å². The summed E-state index contributed by atoms with van der Waals surface area (Å²) >= 11 is 0. The molecule has 0 aromatic rings. The van der Waals surface area contributed by atoms with Crippen LogP contribution in [-0.4, -0.2) is 72.5 Å². The first-order valence-corrected chi connectivity index (χ1v) is 7.80. The zero-order valence-corrected chi connectivity index (χ0v) is 10.9. The first kappa shape index (κ1) is 14.8. The fourth-order valence-corrected chi connectivity index (χ4v) is 2.53. The monoisotopic (exact) mass is 266 g/mol. The molecule has 1 aliphatic rings. The molecule has 0 atom stereocenters. The molecule has 0 unspecified atom stereocenters. The molecule has 1 rings (SSSR count). The van der Waals surface area contributed by atoms with Crippen molar-refractivity contribution in [2.75, 3.05) is 64.1 Å². The highest BCUT2D eigenvalue weighted by Crippen LogP contribution is 1.88. The van der Waals surface area contributed by atoms with Crippen molar-refractivity contribution in [3.05, 3.63) is 0 Å². The Morgan fingerprint density at radius 2 is 1.18 bits per heavy atom. The van der Waals surface area contributed by atoms with Crippen LogP contribution >= 0.6 is 0 Å². The first-order valence-electron chi connectivity index (χ1n) is 5.98. The molecule has 17 heavy (non-hydrogen) atoms. The lowest BCUT2D eigenvalue weighted by Crippen LogP contribution is -2.30. The van der Waals surface area contributed by atoms with Crippen LogP contribution in [0.5, 0.6) is 0 Å². The van der Waals surface area contributed by atoms with Gasteiger partial charge in [-0.1, -0.05) is 0 Å². The largest absolute Gasteiger partial charge is 0.378 e. The molecule has 102 valence electrons. The van der Waals surface area contributed by atoms with E-state index in [1.54, 1.807) is 0 Å². The fraction of sp³-hybridized carbons (Fsp3) is 1.00. The summed E-state index contributed by atoms with van der Waals surface area (Å²) in [6, 6.07) is 0. The van der Waals surface area contributed by atoms with Crippen molar-refractivity contribution in [3.8, 4) is 0 Å². The second-order valence-corrected chi connectivity index (χ2v) is 6.18. The van der Waals surface area contributed by atoms with Gasteiger partial charge < -0.3 is 20.1 Å². The molecule has 1 aliphatic heterocycles. The molecule has 1 saturated heterocycles. The minimum atomic E-state index is -2.95. The molecule has 1 heterocycles. The summed E-state index contributed by atoms with van der Waals surface area (Å²) in [5.74, 6) is 0.371. The van der Waals surface area contributed by atoms with Crippen LogP contribution in [0.4, 0.5) is 0 Å². The van der Waals surface area contributed by atoms with Crippen LogP contribution in [0.2, 0.25) is 0 Å². The van der Waals surface area contributed by atoms with E-state index in [1.165, 1.54) is 0 Å². The molecule has 7 heteroatoms. The predicted molar refractivity (Wildman–Crippen MR) is 66.0 cm³/mol. The summed E-state index contributed by atoms with van der Waals surface area (Å²) in [5.41, 5.74) is 0. The summed E-state index contributed by atoms with van der Waals surface area (Å²) in [5, 5.41) is 6.09. The van der Waals surface area contributed by atoms with E-state index >= 15 is 0 Å². The maximum Gasteiger partial charge on any atom is 0.152 e. The Morgan fingerprint density at radius 1 is 0.706 bits per heavy atom. The van der Waals surface area contributed by atoms with Crippen molar-refractivity contribution >= 4 is 9.84 Å². The van der Waals surface area contributed by atoms with Crippen LogP contribution in [0.15, 0.2) is 0 Å². The molecule has 2 N–H and O–H groups in total. The van der Waals surface area contributed by atoms with Gasteiger partial charge >= 0.3 is 0 Å². The summed E-state index contributed by atoms with van der Waals surface area (Å²) in [4.78, 5) is 0. The Kier molecular flexibility index (Phi) is 7.70. The zero-order valence-electron chi connectivity index (χ0n) is 10.1. The summed E-state index contributed by atoms with van der Waals surface area (Å²) in [7, 11) is -2.95. The van der Waals surface area contributed by atoms with Crippen molar-refractivity contribution in [3.63, 3.8) is 0 Å². The molecular formula is C10H22N2O4S. The van der Waals surface area contributed by atoms with Gasteiger partial charge in [-0.2, -0.15) is 0 Å². The average Bonchev–Trinajstić information content (AvgIpc) is 2.29. The van der Waals surface area contributed by atoms with Crippen LogP contribution in [0.1, 0.15) is 0 Å². The highest BCUT2D eigenvalue weighted by molar-refractivity contribution is 7.91. The Morgan fingerprint density at radius 3 is 1.65 bits per heavy atom. The zero-order chi connectivity index (χ0) is 12.4. The predicted octanol–water partition coefficient (Wildman–Crippen LogP) is -1.37. The SMILES string of the molecule is O=S1(=O)CCNCCOCCOCCNCC1. The van der Waals surface area contributed by atoms with Crippen molar-refractivity contribution in [2.45, 2.75) is 0 Å². The van der Waals surface area contributed by atoms with E-state index in [-0.39, 0.29) is 11.5 Å². The van der Waals surface area contributed by atoms with E-state index in [0.29, 0.717) is 52.6 Å². The minimum absolute atomic E-state index is 0.186. The topological polar surface area (TPSA) is 76.7 Å². The van der Waals surface area contributed by atoms with Gasteiger partial charge in [0.1, 0.15) is 0 Å². The summed E-state index contributed by atoms with van der Waals surface area (Å²) in [6.45, 7) is 4.66.